The Labute approximate surface area is 185 Å². The molecule has 0 aliphatic carbocycles. The van der Waals surface area contributed by atoms with E-state index in [1.165, 1.54) is 28.8 Å². The molecule has 32 heavy (non-hydrogen) atoms. The van der Waals surface area contributed by atoms with E-state index in [0.717, 1.165) is 35.4 Å². The SMILES string of the molecule is COc1ccc(C2NCCc3c2[nH]c2ccccc32)cc1COc1ccc(N([O-])O)cc1. The van der Waals surface area contributed by atoms with Crippen LogP contribution in [0.25, 0.3) is 10.9 Å². The highest BCUT2D eigenvalue weighted by atomic mass is 16.8. The van der Waals surface area contributed by atoms with Crippen LogP contribution >= 0.6 is 0 Å². The molecule has 1 unspecified atom stereocenters. The Bertz CT molecular complexity index is 1230. The molecular formula is C25H24N3O4-. The van der Waals surface area contributed by atoms with Crippen LogP contribution in [0.5, 0.6) is 11.5 Å². The van der Waals surface area contributed by atoms with Crippen molar-refractivity contribution in [2.75, 3.05) is 18.9 Å². The molecule has 0 amide bonds. The van der Waals surface area contributed by atoms with Crippen molar-refractivity contribution in [3.05, 3.63) is 94.3 Å². The number of H-pyrrole nitrogens is 1. The van der Waals surface area contributed by atoms with Crippen molar-refractivity contribution in [1.29, 1.82) is 0 Å². The van der Waals surface area contributed by atoms with Gasteiger partial charge < -0.3 is 30.2 Å². The number of hydrogen-bond donors (Lipinski definition) is 3. The number of nitrogens with zero attached hydrogens (tertiary/aromatic N) is 1. The quantitative estimate of drug-likeness (QED) is 0.385. The summed E-state index contributed by atoms with van der Waals surface area (Å²) in [6.45, 7) is 1.22. The maximum atomic E-state index is 11.0. The van der Waals surface area contributed by atoms with Crippen LogP contribution in [0.15, 0.2) is 66.7 Å². The minimum Gasteiger partial charge on any atom is -0.733 e. The first-order chi connectivity index (χ1) is 15.6. The molecule has 0 radical (unpaired) electrons. The number of para-hydroxylation sites is 1. The van der Waals surface area contributed by atoms with Gasteiger partial charge in [-0.15, -0.1) is 0 Å². The number of fused-ring (bicyclic) bond motifs is 3. The zero-order chi connectivity index (χ0) is 22.1. The minimum absolute atomic E-state index is 0.0580. The third kappa shape index (κ3) is 3.78. The van der Waals surface area contributed by atoms with Gasteiger partial charge in [0.1, 0.15) is 18.1 Å². The lowest BCUT2D eigenvalue weighted by atomic mass is 9.93. The molecule has 1 aliphatic heterocycles. The normalized spacial score (nSPS) is 15.4. The second-order valence-electron chi connectivity index (χ2n) is 7.83. The van der Waals surface area contributed by atoms with Gasteiger partial charge in [-0.3, -0.25) is 5.21 Å². The van der Waals surface area contributed by atoms with Crippen LogP contribution < -0.4 is 20.0 Å². The molecule has 164 valence electrons. The predicted molar refractivity (Wildman–Crippen MR) is 123 cm³/mol. The Morgan fingerprint density at radius 2 is 1.91 bits per heavy atom. The highest BCUT2D eigenvalue weighted by Gasteiger charge is 2.25. The number of anilines is 1. The van der Waals surface area contributed by atoms with Crippen molar-refractivity contribution in [3.8, 4) is 11.5 Å². The van der Waals surface area contributed by atoms with Crippen LogP contribution in [0, 0.1) is 5.21 Å². The second kappa shape index (κ2) is 8.55. The molecule has 7 nitrogen and oxygen atoms in total. The first-order valence-electron chi connectivity index (χ1n) is 10.5. The third-order valence-electron chi connectivity index (χ3n) is 5.95. The van der Waals surface area contributed by atoms with Crippen LogP contribution in [-0.2, 0) is 13.0 Å². The number of aromatic amines is 1. The Kier molecular flexibility index (Phi) is 5.45. The fourth-order valence-corrected chi connectivity index (χ4v) is 4.39. The highest BCUT2D eigenvalue weighted by Crippen LogP contribution is 2.35. The molecule has 4 aromatic rings. The van der Waals surface area contributed by atoms with Gasteiger partial charge in [-0.1, -0.05) is 24.3 Å². The van der Waals surface area contributed by atoms with Crippen LogP contribution in [0.4, 0.5) is 5.69 Å². The van der Waals surface area contributed by atoms with E-state index in [4.69, 9.17) is 14.7 Å². The summed E-state index contributed by atoms with van der Waals surface area (Å²) in [5.74, 6) is 1.34. The van der Waals surface area contributed by atoms with E-state index in [2.05, 4.69) is 46.7 Å². The number of methoxy groups -OCH3 is 1. The maximum Gasteiger partial charge on any atom is 0.125 e. The lowest BCUT2D eigenvalue weighted by molar-refractivity contribution is 0.292. The van der Waals surface area contributed by atoms with Gasteiger partial charge in [-0.05, 0) is 60.0 Å². The molecule has 1 aliphatic rings. The molecule has 7 heteroatoms. The molecule has 3 aromatic carbocycles. The van der Waals surface area contributed by atoms with Gasteiger partial charge in [0.05, 0.1) is 18.8 Å². The summed E-state index contributed by atoms with van der Waals surface area (Å²) in [6, 6.07) is 20.9. The van der Waals surface area contributed by atoms with Gasteiger partial charge in [0.15, 0.2) is 0 Å². The Balaban J connectivity index is 1.42. The summed E-state index contributed by atoms with van der Waals surface area (Å²) >= 11 is 0. The van der Waals surface area contributed by atoms with Crippen LogP contribution in [-0.4, -0.2) is 23.8 Å². The molecule has 0 saturated heterocycles. The lowest BCUT2D eigenvalue weighted by Crippen LogP contribution is -2.30. The summed E-state index contributed by atoms with van der Waals surface area (Å²) in [5.41, 5.74) is 5.94. The van der Waals surface area contributed by atoms with E-state index < -0.39 is 0 Å². The highest BCUT2D eigenvalue weighted by molar-refractivity contribution is 5.85. The number of benzene rings is 3. The van der Waals surface area contributed by atoms with Gasteiger partial charge in [-0.25, -0.2) is 0 Å². The zero-order valence-electron chi connectivity index (χ0n) is 17.7. The van der Waals surface area contributed by atoms with Gasteiger partial charge >= 0.3 is 0 Å². The van der Waals surface area contributed by atoms with Gasteiger partial charge in [0.2, 0.25) is 0 Å². The monoisotopic (exact) mass is 430 g/mol. The van der Waals surface area contributed by atoms with Gasteiger partial charge in [0, 0.05) is 28.7 Å². The fraction of sp³-hybridized carbons (Fsp3) is 0.200. The summed E-state index contributed by atoms with van der Waals surface area (Å²) < 4.78 is 11.5. The number of nitrogens with one attached hydrogen (secondary N) is 2. The van der Waals surface area contributed by atoms with Crippen molar-refractivity contribution in [1.82, 2.24) is 10.3 Å². The maximum absolute atomic E-state index is 11.0. The number of aromatic nitrogens is 1. The molecule has 2 heterocycles. The van der Waals surface area contributed by atoms with Crippen molar-refractivity contribution in [3.63, 3.8) is 0 Å². The second-order valence-corrected chi connectivity index (χ2v) is 7.83. The molecule has 0 bridgehead atoms. The fourth-order valence-electron chi connectivity index (χ4n) is 4.39. The molecule has 1 atom stereocenters. The molecule has 5 rings (SSSR count). The van der Waals surface area contributed by atoms with E-state index in [0.29, 0.717) is 12.4 Å². The minimum atomic E-state index is -0.175. The van der Waals surface area contributed by atoms with E-state index >= 15 is 0 Å². The summed E-state index contributed by atoms with van der Waals surface area (Å²) in [6.07, 6.45) is 0.993. The number of ether oxygens (including phenoxy) is 2. The summed E-state index contributed by atoms with van der Waals surface area (Å²) in [7, 11) is 1.64. The topological polar surface area (TPSA) is 92.8 Å². The predicted octanol–water partition coefficient (Wildman–Crippen LogP) is 4.68. The molecule has 0 fully saturated rings. The Hall–Kier alpha value is -3.52. The number of rotatable bonds is 6. The largest absolute Gasteiger partial charge is 0.733 e. The first-order valence-corrected chi connectivity index (χ1v) is 10.5. The van der Waals surface area contributed by atoms with Gasteiger partial charge in [0.25, 0.3) is 0 Å². The first kappa shape index (κ1) is 20.4. The van der Waals surface area contributed by atoms with Crippen LogP contribution in [0.3, 0.4) is 0 Å². The van der Waals surface area contributed by atoms with Gasteiger partial charge in [-0.2, -0.15) is 0 Å². The smallest absolute Gasteiger partial charge is 0.125 e. The molecule has 0 saturated carbocycles. The molecule has 1 aromatic heterocycles. The average Bonchev–Trinajstić information content (AvgIpc) is 3.21. The van der Waals surface area contributed by atoms with E-state index in [-0.39, 0.29) is 17.0 Å². The van der Waals surface area contributed by atoms with Crippen molar-refractivity contribution in [2.45, 2.75) is 19.1 Å². The summed E-state index contributed by atoms with van der Waals surface area (Å²) in [5, 5.41) is 24.7. The molecular weight excluding hydrogens is 406 g/mol. The molecule has 0 spiro atoms. The van der Waals surface area contributed by atoms with Crippen molar-refractivity contribution < 1.29 is 14.7 Å². The lowest BCUT2D eigenvalue weighted by Gasteiger charge is -2.25. The van der Waals surface area contributed by atoms with E-state index in [1.54, 1.807) is 19.2 Å². The standard InChI is InChI=1S/C25H24N3O4/c1-31-23-11-6-16(14-17(23)15-32-19-9-7-18(8-10-19)28(29)30)24-25-21(12-13-26-24)20-4-2-3-5-22(20)27-25/h2-11,14,24,26-27,29H,12-13,15H2,1H3/q-1. The zero-order valence-corrected chi connectivity index (χ0v) is 17.7. The van der Waals surface area contributed by atoms with Crippen LogP contribution in [0.2, 0.25) is 0 Å². The Morgan fingerprint density at radius 1 is 1.09 bits per heavy atom. The van der Waals surface area contributed by atoms with Crippen LogP contribution in [0.1, 0.15) is 28.4 Å². The Morgan fingerprint density at radius 3 is 2.69 bits per heavy atom. The van der Waals surface area contributed by atoms with Crippen molar-refractivity contribution in [2.24, 2.45) is 0 Å². The van der Waals surface area contributed by atoms with E-state index in [1.807, 2.05) is 6.07 Å². The summed E-state index contributed by atoms with van der Waals surface area (Å²) in [4.78, 5) is 3.61. The third-order valence-corrected chi connectivity index (χ3v) is 5.95. The number of hydrogen-bond acceptors (Lipinski definition) is 6. The molecule has 3 N–H and O–H groups in total. The average molecular weight is 430 g/mol. The van der Waals surface area contributed by atoms with Crippen molar-refractivity contribution >= 4 is 16.6 Å². The van der Waals surface area contributed by atoms with E-state index in [9.17, 15) is 5.21 Å².